The molecule has 6 heteroatoms. The predicted molar refractivity (Wildman–Crippen MR) is 63.5 cm³/mol. The molecule has 5 nitrogen and oxygen atoms in total. The van der Waals surface area contributed by atoms with E-state index in [4.69, 9.17) is 11.6 Å². The molecule has 0 spiro atoms. The fraction of sp³-hybridized carbons (Fsp3) is 0.500. The second-order valence-corrected chi connectivity index (χ2v) is 4.09. The lowest BCUT2D eigenvalue weighted by molar-refractivity contribution is -0.119. The van der Waals surface area contributed by atoms with Crippen molar-refractivity contribution in [1.82, 2.24) is 15.3 Å². The van der Waals surface area contributed by atoms with E-state index in [1.54, 1.807) is 13.0 Å². The van der Waals surface area contributed by atoms with Crippen LogP contribution in [-0.4, -0.2) is 28.5 Å². The average molecular weight is 243 g/mol. The number of aryl methyl sites for hydroxylation is 1. The summed E-state index contributed by atoms with van der Waals surface area (Å²) in [4.78, 5) is 19.4. The first-order chi connectivity index (χ1) is 7.47. The first kappa shape index (κ1) is 12.7. The van der Waals surface area contributed by atoms with Gasteiger partial charge in [-0.3, -0.25) is 4.79 Å². The van der Waals surface area contributed by atoms with Crippen LogP contribution in [0.25, 0.3) is 0 Å². The second kappa shape index (κ2) is 5.65. The van der Waals surface area contributed by atoms with Gasteiger partial charge in [0, 0.05) is 12.1 Å². The van der Waals surface area contributed by atoms with Crippen molar-refractivity contribution in [3.63, 3.8) is 0 Å². The van der Waals surface area contributed by atoms with Crippen molar-refractivity contribution in [1.29, 1.82) is 0 Å². The van der Waals surface area contributed by atoms with Gasteiger partial charge < -0.3 is 10.6 Å². The number of carbonyl (C=O) groups is 1. The van der Waals surface area contributed by atoms with Crippen LogP contribution in [0.3, 0.4) is 0 Å². The number of anilines is 1. The third kappa shape index (κ3) is 4.44. The fourth-order valence-electron chi connectivity index (χ4n) is 1.17. The standard InChI is InChI=1S/C10H15ClN4O/c1-6(2)13-10(16)5-12-9-4-8(11)14-7(3)15-9/h4,6H,5H2,1-3H3,(H,13,16)(H,12,14,15). The van der Waals surface area contributed by atoms with Crippen LogP contribution in [0, 0.1) is 6.92 Å². The van der Waals surface area contributed by atoms with Crippen LogP contribution in [-0.2, 0) is 4.79 Å². The van der Waals surface area contributed by atoms with E-state index in [0.717, 1.165) is 0 Å². The zero-order valence-electron chi connectivity index (χ0n) is 9.54. The van der Waals surface area contributed by atoms with Crippen LogP contribution >= 0.6 is 11.6 Å². The van der Waals surface area contributed by atoms with Gasteiger partial charge in [-0.2, -0.15) is 0 Å². The molecule has 0 unspecified atom stereocenters. The molecule has 0 saturated heterocycles. The highest BCUT2D eigenvalue weighted by Gasteiger charge is 2.04. The first-order valence-corrected chi connectivity index (χ1v) is 5.39. The van der Waals surface area contributed by atoms with E-state index in [-0.39, 0.29) is 18.5 Å². The first-order valence-electron chi connectivity index (χ1n) is 5.02. The molecule has 1 heterocycles. The number of nitrogens with one attached hydrogen (secondary N) is 2. The summed E-state index contributed by atoms with van der Waals surface area (Å²) >= 11 is 5.76. The van der Waals surface area contributed by atoms with Crippen molar-refractivity contribution in [2.24, 2.45) is 0 Å². The molecule has 1 aromatic rings. The minimum Gasteiger partial charge on any atom is -0.361 e. The van der Waals surface area contributed by atoms with Gasteiger partial charge in [-0.05, 0) is 20.8 Å². The summed E-state index contributed by atoms with van der Waals surface area (Å²) in [5.74, 6) is 1.04. The molecule has 0 atom stereocenters. The van der Waals surface area contributed by atoms with Crippen LogP contribution in [0.4, 0.5) is 5.82 Å². The van der Waals surface area contributed by atoms with Gasteiger partial charge in [0.1, 0.15) is 16.8 Å². The van der Waals surface area contributed by atoms with Crippen molar-refractivity contribution in [2.75, 3.05) is 11.9 Å². The molecule has 0 aliphatic rings. The number of amides is 1. The van der Waals surface area contributed by atoms with E-state index in [9.17, 15) is 4.79 Å². The molecular formula is C10H15ClN4O. The molecule has 0 bridgehead atoms. The predicted octanol–water partition coefficient (Wildman–Crippen LogP) is 1.37. The van der Waals surface area contributed by atoms with Crippen LogP contribution in [0.15, 0.2) is 6.07 Å². The molecule has 1 rings (SSSR count). The maximum absolute atomic E-state index is 11.3. The largest absolute Gasteiger partial charge is 0.361 e. The monoisotopic (exact) mass is 242 g/mol. The van der Waals surface area contributed by atoms with Crippen LogP contribution in [0.2, 0.25) is 5.15 Å². The number of nitrogens with zero attached hydrogens (tertiary/aromatic N) is 2. The fourth-order valence-corrected chi connectivity index (χ4v) is 1.39. The van der Waals surface area contributed by atoms with Gasteiger partial charge in [0.25, 0.3) is 0 Å². The Morgan fingerprint density at radius 1 is 1.50 bits per heavy atom. The molecule has 88 valence electrons. The Kier molecular flexibility index (Phi) is 4.49. The van der Waals surface area contributed by atoms with Gasteiger partial charge in [0.15, 0.2) is 0 Å². The van der Waals surface area contributed by atoms with Crippen molar-refractivity contribution in [3.05, 3.63) is 17.0 Å². The van der Waals surface area contributed by atoms with E-state index in [0.29, 0.717) is 16.8 Å². The van der Waals surface area contributed by atoms with E-state index >= 15 is 0 Å². The Morgan fingerprint density at radius 3 is 2.75 bits per heavy atom. The molecule has 16 heavy (non-hydrogen) atoms. The summed E-state index contributed by atoms with van der Waals surface area (Å²) in [6, 6.07) is 1.71. The zero-order valence-corrected chi connectivity index (χ0v) is 10.3. The van der Waals surface area contributed by atoms with Crippen molar-refractivity contribution >= 4 is 23.3 Å². The number of rotatable bonds is 4. The van der Waals surface area contributed by atoms with Crippen molar-refractivity contribution in [2.45, 2.75) is 26.8 Å². The Balaban J connectivity index is 2.51. The summed E-state index contributed by atoms with van der Waals surface area (Å²) in [5, 5.41) is 6.01. The zero-order chi connectivity index (χ0) is 12.1. The highest BCUT2D eigenvalue weighted by molar-refractivity contribution is 6.29. The van der Waals surface area contributed by atoms with Gasteiger partial charge in [-0.1, -0.05) is 11.6 Å². The number of carbonyl (C=O) groups excluding carboxylic acids is 1. The summed E-state index contributed by atoms with van der Waals surface area (Å²) in [6.45, 7) is 5.73. The summed E-state index contributed by atoms with van der Waals surface area (Å²) in [7, 11) is 0. The lowest BCUT2D eigenvalue weighted by atomic mass is 10.4. The molecule has 0 aliphatic carbocycles. The third-order valence-corrected chi connectivity index (χ3v) is 1.88. The minimum absolute atomic E-state index is 0.0811. The molecule has 1 amide bonds. The minimum atomic E-state index is -0.0811. The Bertz CT molecular complexity index is 361. The normalized spacial score (nSPS) is 10.3. The molecule has 1 aromatic heterocycles. The average Bonchev–Trinajstić information content (AvgIpc) is 2.12. The topological polar surface area (TPSA) is 66.9 Å². The smallest absolute Gasteiger partial charge is 0.239 e. The van der Waals surface area contributed by atoms with Crippen molar-refractivity contribution < 1.29 is 4.79 Å². The highest BCUT2D eigenvalue weighted by Crippen LogP contribution is 2.10. The van der Waals surface area contributed by atoms with E-state index < -0.39 is 0 Å². The number of hydrogen-bond donors (Lipinski definition) is 2. The SMILES string of the molecule is Cc1nc(Cl)cc(NCC(=O)NC(C)C)n1. The third-order valence-electron chi connectivity index (χ3n) is 1.69. The van der Waals surface area contributed by atoms with Crippen molar-refractivity contribution in [3.8, 4) is 0 Å². The molecule has 2 N–H and O–H groups in total. The number of aromatic nitrogens is 2. The van der Waals surface area contributed by atoms with Crippen LogP contribution in [0.5, 0.6) is 0 Å². The molecule has 0 radical (unpaired) electrons. The summed E-state index contributed by atoms with van der Waals surface area (Å²) in [6.07, 6.45) is 0. The highest BCUT2D eigenvalue weighted by atomic mass is 35.5. The Hall–Kier alpha value is -1.36. The van der Waals surface area contributed by atoms with Gasteiger partial charge in [-0.25, -0.2) is 9.97 Å². The van der Waals surface area contributed by atoms with E-state index in [1.807, 2.05) is 13.8 Å². The van der Waals surface area contributed by atoms with E-state index in [1.165, 1.54) is 0 Å². The van der Waals surface area contributed by atoms with Gasteiger partial charge in [-0.15, -0.1) is 0 Å². The van der Waals surface area contributed by atoms with Gasteiger partial charge in [0.05, 0.1) is 6.54 Å². The molecule has 0 aromatic carbocycles. The molecular weight excluding hydrogens is 228 g/mol. The second-order valence-electron chi connectivity index (χ2n) is 3.70. The summed E-state index contributed by atoms with van der Waals surface area (Å²) in [5.41, 5.74) is 0. The van der Waals surface area contributed by atoms with Gasteiger partial charge >= 0.3 is 0 Å². The molecule has 0 saturated carbocycles. The van der Waals surface area contributed by atoms with Crippen LogP contribution < -0.4 is 10.6 Å². The Morgan fingerprint density at radius 2 is 2.19 bits per heavy atom. The number of hydrogen-bond acceptors (Lipinski definition) is 4. The summed E-state index contributed by atoms with van der Waals surface area (Å²) < 4.78 is 0. The Labute approximate surface area is 99.6 Å². The lowest BCUT2D eigenvalue weighted by Crippen LogP contribution is -2.35. The van der Waals surface area contributed by atoms with Crippen LogP contribution in [0.1, 0.15) is 19.7 Å². The molecule has 0 aliphatic heterocycles. The molecule has 0 fully saturated rings. The van der Waals surface area contributed by atoms with E-state index in [2.05, 4.69) is 20.6 Å². The quantitative estimate of drug-likeness (QED) is 0.783. The van der Waals surface area contributed by atoms with Gasteiger partial charge in [0.2, 0.25) is 5.91 Å². The number of halogens is 1. The maximum atomic E-state index is 11.3. The maximum Gasteiger partial charge on any atom is 0.239 e. The lowest BCUT2D eigenvalue weighted by Gasteiger charge is -2.09.